The van der Waals surface area contributed by atoms with E-state index in [1.165, 1.54) is 12.1 Å². The number of halogens is 1. The highest BCUT2D eigenvalue weighted by Gasteiger charge is 2.15. The Labute approximate surface area is 82.7 Å². The van der Waals surface area contributed by atoms with Crippen LogP contribution in [0.15, 0.2) is 16.6 Å². The molecule has 0 aromatic heterocycles. The molecule has 5 heteroatoms. The Hall–Kier alpha value is -1.54. The zero-order chi connectivity index (χ0) is 10.0. The van der Waals surface area contributed by atoms with Crippen LogP contribution in [0.1, 0.15) is 15.9 Å². The molecule has 1 aromatic rings. The van der Waals surface area contributed by atoms with Gasteiger partial charge in [0, 0.05) is 5.69 Å². The highest BCUT2D eigenvalue weighted by atomic mass is 79.9. The molecule has 66 valence electrons. The number of anilines is 1. The van der Waals surface area contributed by atoms with Gasteiger partial charge >= 0.3 is 5.97 Å². The maximum absolute atomic E-state index is 10.7. The minimum atomic E-state index is -1.17. The second-order valence-electron chi connectivity index (χ2n) is 2.31. The highest BCUT2D eigenvalue weighted by molar-refractivity contribution is 9.10. The molecular weight excluding hydrogens is 236 g/mol. The van der Waals surface area contributed by atoms with Crippen molar-refractivity contribution in [1.82, 2.24) is 0 Å². The quantitative estimate of drug-likeness (QED) is 0.731. The van der Waals surface area contributed by atoms with Crippen LogP contribution in [0.4, 0.5) is 5.69 Å². The molecule has 0 aliphatic heterocycles. The first-order chi connectivity index (χ1) is 6.07. The summed E-state index contributed by atoms with van der Waals surface area (Å²) in [4.78, 5) is 10.7. The Morgan fingerprint density at radius 3 is 2.69 bits per heavy atom. The molecule has 0 amide bonds. The zero-order valence-electron chi connectivity index (χ0n) is 6.41. The van der Waals surface area contributed by atoms with Crippen LogP contribution in [0.2, 0.25) is 0 Å². The van der Waals surface area contributed by atoms with E-state index >= 15 is 0 Å². The summed E-state index contributed by atoms with van der Waals surface area (Å²) >= 11 is 3.02. The van der Waals surface area contributed by atoms with Crippen LogP contribution in [-0.4, -0.2) is 11.1 Å². The van der Waals surface area contributed by atoms with Crippen molar-refractivity contribution in [1.29, 1.82) is 5.26 Å². The average Bonchev–Trinajstić information content (AvgIpc) is 2.08. The number of benzene rings is 1. The monoisotopic (exact) mass is 240 g/mol. The fraction of sp³-hybridized carbons (Fsp3) is 0. The highest BCUT2D eigenvalue weighted by Crippen LogP contribution is 2.26. The molecule has 4 nitrogen and oxygen atoms in total. The van der Waals surface area contributed by atoms with E-state index in [1.54, 1.807) is 6.07 Å². The predicted octanol–water partition coefficient (Wildman–Crippen LogP) is 1.60. The number of nitriles is 1. The molecule has 0 spiro atoms. The topological polar surface area (TPSA) is 87.1 Å². The molecule has 0 atom stereocenters. The predicted molar refractivity (Wildman–Crippen MR) is 50.2 cm³/mol. The number of nitrogens with two attached hydrogens (primary N) is 1. The molecule has 0 aliphatic carbocycles. The fourth-order valence-electron chi connectivity index (χ4n) is 0.894. The van der Waals surface area contributed by atoms with Gasteiger partial charge in [-0.15, -0.1) is 0 Å². The number of carboxylic acids is 1. The van der Waals surface area contributed by atoms with Gasteiger partial charge in [-0.2, -0.15) is 5.26 Å². The van der Waals surface area contributed by atoms with E-state index in [1.807, 2.05) is 0 Å². The molecule has 0 fully saturated rings. The first-order valence-corrected chi connectivity index (χ1v) is 4.08. The fourth-order valence-corrected chi connectivity index (χ4v) is 1.41. The van der Waals surface area contributed by atoms with Gasteiger partial charge in [-0.25, -0.2) is 4.79 Å². The van der Waals surface area contributed by atoms with E-state index in [2.05, 4.69) is 15.9 Å². The molecule has 0 saturated carbocycles. The number of aromatic carboxylic acids is 1. The van der Waals surface area contributed by atoms with Crippen LogP contribution in [0.25, 0.3) is 0 Å². The molecule has 1 rings (SSSR count). The summed E-state index contributed by atoms with van der Waals surface area (Å²) in [5, 5.41) is 17.4. The maximum Gasteiger partial charge on any atom is 0.338 e. The van der Waals surface area contributed by atoms with Gasteiger partial charge < -0.3 is 10.8 Å². The molecule has 0 unspecified atom stereocenters. The minimum absolute atomic E-state index is 0.0913. The van der Waals surface area contributed by atoms with Crippen LogP contribution in [0, 0.1) is 11.3 Å². The normalized spacial score (nSPS) is 9.23. The van der Waals surface area contributed by atoms with Gasteiger partial charge in [0.05, 0.1) is 15.6 Å². The molecule has 0 bridgehead atoms. The molecule has 0 aliphatic rings. The number of carboxylic acid groups (broad SMARTS) is 1. The molecule has 0 saturated heterocycles. The standard InChI is InChI=1S/C8H5BrN2O2/c9-7-5(11)2-1-4(3-10)6(7)8(12)13/h1-2H,11H2,(H,12,13). The zero-order valence-corrected chi connectivity index (χ0v) is 8.00. The van der Waals surface area contributed by atoms with Crippen molar-refractivity contribution >= 4 is 27.6 Å². The van der Waals surface area contributed by atoms with E-state index in [9.17, 15) is 4.79 Å². The summed E-state index contributed by atoms with van der Waals surface area (Å²) in [6, 6.07) is 4.64. The Balaban J connectivity index is 3.53. The van der Waals surface area contributed by atoms with Crippen molar-refractivity contribution in [3.8, 4) is 6.07 Å². The summed E-state index contributed by atoms with van der Waals surface area (Å²) in [5.74, 6) is -1.17. The third-order valence-corrected chi connectivity index (χ3v) is 2.36. The van der Waals surface area contributed by atoms with Crippen LogP contribution >= 0.6 is 15.9 Å². The summed E-state index contributed by atoms with van der Waals surface area (Å²) < 4.78 is 0.249. The number of nitrogens with zero attached hydrogens (tertiary/aromatic N) is 1. The number of carbonyl (C=O) groups is 1. The summed E-state index contributed by atoms with van der Waals surface area (Å²) in [5.41, 5.74) is 5.76. The van der Waals surface area contributed by atoms with Gasteiger partial charge in [-0.3, -0.25) is 0 Å². The molecule has 3 N–H and O–H groups in total. The Kier molecular flexibility index (Phi) is 2.54. The Morgan fingerprint density at radius 1 is 1.62 bits per heavy atom. The first-order valence-electron chi connectivity index (χ1n) is 3.29. The summed E-state index contributed by atoms with van der Waals surface area (Å²) in [7, 11) is 0. The van der Waals surface area contributed by atoms with Crippen LogP contribution in [0.3, 0.4) is 0 Å². The molecule has 1 aromatic carbocycles. The van der Waals surface area contributed by atoms with Crippen LogP contribution < -0.4 is 5.73 Å². The van der Waals surface area contributed by atoms with E-state index in [-0.39, 0.29) is 15.6 Å². The lowest BCUT2D eigenvalue weighted by Crippen LogP contribution is -2.03. The largest absolute Gasteiger partial charge is 0.478 e. The molecule has 13 heavy (non-hydrogen) atoms. The second-order valence-corrected chi connectivity index (χ2v) is 3.10. The number of hydrogen-bond donors (Lipinski definition) is 2. The van der Waals surface area contributed by atoms with Crippen LogP contribution in [0.5, 0.6) is 0 Å². The maximum atomic E-state index is 10.7. The number of hydrogen-bond acceptors (Lipinski definition) is 3. The minimum Gasteiger partial charge on any atom is -0.478 e. The lowest BCUT2D eigenvalue weighted by atomic mass is 10.1. The van der Waals surface area contributed by atoms with Gasteiger partial charge in [-0.05, 0) is 28.1 Å². The molecule has 0 heterocycles. The Bertz CT molecular complexity index is 409. The van der Waals surface area contributed by atoms with Gasteiger partial charge in [0.15, 0.2) is 0 Å². The Morgan fingerprint density at radius 2 is 2.23 bits per heavy atom. The van der Waals surface area contributed by atoms with E-state index in [0.717, 1.165) is 0 Å². The SMILES string of the molecule is N#Cc1ccc(N)c(Br)c1C(=O)O. The van der Waals surface area contributed by atoms with Crippen molar-refractivity contribution < 1.29 is 9.90 Å². The average molecular weight is 241 g/mol. The van der Waals surface area contributed by atoms with Gasteiger partial charge in [-0.1, -0.05) is 0 Å². The second kappa shape index (κ2) is 3.46. The lowest BCUT2D eigenvalue weighted by Gasteiger charge is -2.03. The first kappa shape index (κ1) is 9.55. The van der Waals surface area contributed by atoms with Crippen molar-refractivity contribution in [2.45, 2.75) is 0 Å². The summed E-state index contributed by atoms with van der Waals surface area (Å²) in [6.45, 7) is 0. The van der Waals surface area contributed by atoms with Crippen molar-refractivity contribution in [2.24, 2.45) is 0 Å². The van der Waals surface area contributed by atoms with E-state index in [4.69, 9.17) is 16.1 Å². The van der Waals surface area contributed by atoms with Gasteiger partial charge in [0.1, 0.15) is 6.07 Å². The van der Waals surface area contributed by atoms with Crippen molar-refractivity contribution in [2.75, 3.05) is 5.73 Å². The smallest absolute Gasteiger partial charge is 0.338 e. The third kappa shape index (κ3) is 1.63. The number of nitrogen functional groups attached to an aromatic ring is 1. The van der Waals surface area contributed by atoms with Gasteiger partial charge in [0.25, 0.3) is 0 Å². The van der Waals surface area contributed by atoms with Crippen molar-refractivity contribution in [3.05, 3.63) is 27.7 Å². The molecular formula is C8H5BrN2O2. The van der Waals surface area contributed by atoms with Crippen molar-refractivity contribution in [3.63, 3.8) is 0 Å². The van der Waals surface area contributed by atoms with E-state index in [0.29, 0.717) is 5.69 Å². The van der Waals surface area contributed by atoms with E-state index < -0.39 is 5.97 Å². The van der Waals surface area contributed by atoms with Gasteiger partial charge in [0.2, 0.25) is 0 Å². The summed E-state index contributed by atoms with van der Waals surface area (Å²) in [6.07, 6.45) is 0. The molecule has 0 radical (unpaired) electrons. The lowest BCUT2D eigenvalue weighted by molar-refractivity contribution is 0.0695. The van der Waals surface area contributed by atoms with Crippen LogP contribution in [-0.2, 0) is 0 Å². The number of rotatable bonds is 1. The third-order valence-electron chi connectivity index (χ3n) is 1.51.